The Labute approximate surface area is 76.1 Å². The summed E-state index contributed by atoms with van der Waals surface area (Å²) in [5.74, 6) is 0. The lowest BCUT2D eigenvalue weighted by molar-refractivity contribution is 0.991. The predicted molar refractivity (Wildman–Crippen MR) is 52.0 cm³/mol. The summed E-state index contributed by atoms with van der Waals surface area (Å²) in [5.41, 5.74) is 0.891. The summed E-state index contributed by atoms with van der Waals surface area (Å²) in [6.07, 6.45) is 1.76. The third-order valence-corrected chi connectivity index (χ3v) is 1.86. The van der Waals surface area contributed by atoms with E-state index in [0.29, 0.717) is 0 Å². The highest BCUT2D eigenvalue weighted by Crippen LogP contribution is 2.02. The van der Waals surface area contributed by atoms with Gasteiger partial charge in [0.25, 0.3) is 5.56 Å². The second-order valence-electron chi connectivity index (χ2n) is 2.74. The average Bonchev–Trinajstić information content (AvgIpc) is 2.20. The molecule has 0 atom stereocenters. The third kappa shape index (κ3) is 1.51. The van der Waals surface area contributed by atoms with Gasteiger partial charge in [-0.1, -0.05) is 24.3 Å². The van der Waals surface area contributed by atoms with Crippen LogP contribution in [-0.4, -0.2) is 4.57 Å². The van der Waals surface area contributed by atoms with E-state index in [4.69, 9.17) is 0 Å². The molecule has 2 nitrogen and oxygen atoms in total. The lowest BCUT2D eigenvalue weighted by Crippen LogP contribution is -2.15. The predicted octanol–water partition coefficient (Wildman–Crippen LogP) is 1.84. The zero-order valence-electron chi connectivity index (χ0n) is 7.05. The summed E-state index contributed by atoms with van der Waals surface area (Å²) in [4.78, 5) is 11.4. The molecule has 0 N–H and O–H groups in total. The summed E-state index contributed by atoms with van der Waals surface area (Å²) in [7, 11) is 0. The van der Waals surface area contributed by atoms with E-state index < -0.39 is 0 Å². The normalized spacial score (nSPS) is 9.85. The van der Waals surface area contributed by atoms with Crippen LogP contribution in [0.5, 0.6) is 0 Å². The molecule has 0 amide bonds. The number of nitrogens with zero attached hydrogens (tertiary/aromatic N) is 1. The van der Waals surface area contributed by atoms with Crippen LogP contribution in [0.1, 0.15) is 0 Å². The first-order chi connectivity index (χ1) is 6.38. The van der Waals surface area contributed by atoms with Gasteiger partial charge in [0.1, 0.15) is 0 Å². The Morgan fingerprint density at radius 1 is 0.846 bits per heavy atom. The Morgan fingerprint density at radius 3 is 2.23 bits per heavy atom. The molecule has 2 aromatic rings. The van der Waals surface area contributed by atoms with Gasteiger partial charge in [0, 0.05) is 18.0 Å². The van der Waals surface area contributed by atoms with Gasteiger partial charge in [-0.3, -0.25) is 9.36 Å². The Balaban J connectivity index is 2.60. The molecule has 0 radical (unpaired) electrons. The maximum absolute atomic E-state index is 11.4. The third-order valence-electron chi connectivity index (χ3n) is 1.86. The first-order valence-corrected chi connectivity index (χ1v) is 4.11. The van der Waals surface area contributed by atoms with Gasteiger partial charge >= 0.3 is 0 Å². The molecule has 1 aromatic carbocycles. The number of hydrogen-bond acceptors (Lipinski definition) is 1. The molecule has 0 aliphatic rings. The van der Waals surface area contributed by atoms with E-state index in [-0.39, 0.29) is 5.56 Å². The van der Waals surface area contributed by atoms with Crippen LogP contribution < -0.4 is 5.56 Å². The highest BCUT2D eigenvalue weighted by Gasteiger charge is 1.94. The van der Waals surface area contributed by atoms with Gasteiger partial charge in [0.15, 0.2) is 0 Å². The van der Waals surface area contributed by atoms with Crippen LogP contribution in [0.3, 0.4) is 0 Å². The van der Waals surface area contributed by atoms with Crippen molar-refractivity contribution < 1.29 is 0 Å². The molecular formula is C11H9NO. The topological polar surface area (TPSA) is 22.0 Å². The first-order valence-electron chi connectivity index (χ1n) is 4.11. The number of rotatable bonds is 1. The Kier molecular flexibility index (Phi) is 1.96. The summed E-state index contributed by atoms with van der Waals surface area (Å²) in [5, 5.41) is 0. The maximum atomic E-state index is 11.4. The van der Waals surface area contributed by atoms with Crippen molar-refractivity contribution in [3.05, 3.63) is 65.1 Å². The largest absolute Gasteiger partial charge is 0.284 e. The van der Waals surface area contributed by atoms with Gasteiger partial charge in [-0.25, -0.2) is 0 Å². The number of hydrogen-bond donors (Lipinski definition) is 0. The van der Waals surface area contributed by atoms with E-state index in [1.807, 2.05) is 36.4 Å². The lowest BCUT2D eigenvalue weighted by Gasteiger charge is -2.02. The fourth-order valence-electron chi connectivity index (χ4n) is 1.23. The van der Waals surface area contributed by atoms with E-state index in [2.05, 4.69) is 0 Å². The van der Waals surface area contributed by atoms with Crippen molar-refractivity contribution in [2.24, 2.45) is 0 Å². The van der Waals surface area contributed by atoms with Crippen molar-refractivity contribution in [1.29, 1.82) is 0 Å². The van der Waals surface area contributed by atoms with Crippen LogP contribution in [0.15, 0.2) is 59.5 Å². The molecule has 0 saturated heterocycles. The summed E-state index contributed by atoms with van der Waals surface area (Å²) < 4.78 is 1.61. The van der Waals surface area contributed by atoms with Crippen LogP contribution in [0.25, 0.3) is 5.69 Å². The van der Waals surface area contributed by atoms with Crippen molar-refractivity contribution in [3.8, 4) is 5.69 Å². The summed E-state index contributed by atoms with van der Waals surface area (Å²) >= 11 is 0. The fraction of sp³-hybridized carbons (Fsp3) is 0. The molecule has 0 bridgehead atoms. The van der Waals surface area contributed by atoms with Crippen molar-refractivity contribution >= 4 is 0 Å². The molecule has 0 aliphatic heterocycles. The highest BCUT2D eigenvalue weighted by molar-refractivity contribution is 5.31. The van der Waals surface area contributed by atoms with E-state index >= 15 is 0 Å². The van der Waals surface area contributed by atoms with Gasteiger partial charge in [0.2, 0.25) is 0 Å². The quantitative estimate of drug-likeness (QED) is 0.641. The van der Waals surface area contributed by atoms with Gasteiger partial charge in [-0.2, -0.15) is 0 Å². The van der Waals surface area contributed by atoms with E-state index in [9.17, 15) is 4.79 Å². The monoisotopic (exact) mass is 171 g/mol. The second kappa shape index (κ2) is 3.27. The zero-order chi connectivity index (χ0) is 9.10. The number of para-hydroxylation sites is 1. The van der Waals surface area contributed by atoms with Gasteiger partial charge < -0.3 is 0 Å². The molecule has 0 unspecified atom stereocenters. The average molecular weight is 171 g/mol. The zero-order valence-corrected chi connectivity index (χ0v) is 7.05. The minimum Gasteiger partial charge on any atom is -0.284 e. The van der Waals surface area contributed by atoms with Gasteiger partial charge in [0.05, 0.1) is 0 Å². The van der Waals surface area contributed by atoms with Crippen LogP contribution in [0, 0.1) is 0 Å². The molecule has 1 heterocycles. The highest BCUT2D eigenvalue weighted by atomic mass is 16.1. The van der Waals surface area contributed by atoms with E-state index in [1.54, 1.807) is 22.9 Å². The molecule has 0 fully saturated rings. The maximum Gasteiger partial charge on any atom is 0.255 e. The van der Waals surface area contributed by atoms with E-state index in [0.717, 1.165) is 5.69 Å². The molecule has 0 aliphatic carbocycles. The van der Waals surface area contributed by atoms with Crippen molar-refractivity contribution in [2.45, 2.75) is 0 Å². The number of benzene rings is 1. The van der Waals surface area contributed by atoms with Gasteiger partial charge in [-0.05, 0) is 18.2 Å². The number of aromatic nitrogens is 1. The van der Waals surface area contributed by atoms with Crippen molar-refractivity contribution in [1.82, 2.24) is 4.57 Å². The minimum absolute atomic E-state index is 0.00583. The molecule has 2 rings (SSSR count). The summed E-state index contributed by atoms with van der Waals surface area (Å²) in [6, 6.07) is 14.7. The lowest BCUT2D eigenvalue weighted by atomic mass is 10.3. The van der Waals surface area contributed by atoms with Crippen molar-refractivity contribution in [3.63, 3.8) is 0 Å². The molecule has 1 aromatic heterocycles. The van der Waals surface area contributed by atoms with Crippen LogP contribution >= 0.6 is 0 Å². The molecule has 0 saturated carbocycles. The first kappa shape index (κ1) is 7.80. The molecular weight excluding hydrogens is 162 g/mol. The minimum atomic E-state index is -0.00583. The Morgan fingerprint density at radius 2 is 1.54 bits per heavy atom. The second-order valence-corrected chi connectivity index (χ2v) is 2.74. The van der Waals surface area contributed by atoms with Crippen LogP contribution in [0.2, 0.25) is 0 Å². The van der Waals surface area contributed by atoms with Gasteiger partial charge in [-0.15, -0.1) is 0 Å². The smallest absolute Gasteiger partial charge is 0.255 e. The SMILES string of the molecule is O=c1ccccn1-c1ccccc1. The standard InChI is InChI=1S/C11H9NO/c13-11-8-4-5-9-12(11)10-6-2-1-3-7-10/h1-9H. The van der Waals surface area contributed by atoms with E-state index in [1.165, 1.54) is 0 Å². The van der Waals surface area contributed by atoms with Crippen LogP contribution in [0.4, 0.5) is 0 Å². The Hall–Kier alpha value is -1.83. The molecule has 0 spiro atoms. The summed E-state index contributed by atoms with van der Waals surface area (Å²) in [6.45, 7) is 0. The molecule has 13 heavy (non-hydrogen) atoms. The molecule has 64 valence electrons. The molecule has 2 heteroatoms. The van der Waals surface area contributed by atoms with Crippen LogP contribution in [-0.2, 0) is 0 Å². The Bertz CT molecular complexity index is 445. The number of pyridine rings is 1. The van der Waals surface area contributed by atoms with Crippen molar-refractivity contribution in [2.75, 3.05) is 0 Å². The fourth-order valence-corrected chi connectivity index (χ4v) is 1.23.